The summed E-state index contributed by atoms with van der Waals surface area (Å²) < 4.78 is 7.46. The molecule has 2 aromatic heterocycles. The van der Waals surface area contributed by atoms with Gasteiger partial charge in [-0.1, -0.05) is 29.8 Å². The minimum atomic E-state index is -0.175. The fourth-order valence-electron chi connectivity index (χ4n) is 2.62. The lowest BCUT2D eigenvalue weighted by Gasteiger charge is -2.03. The van der Waals surface area contributed by atoms with E-state index in [9.17, 15) is 4.79 Å². The standard InChI is InChI=1S/C17H11ClN2O2/c1-20-13-8-3-2-7-12(13)15-14(17(20)21)19-16(22-15)10-5-4-6-11(18)9-10/h2-9H,1H3. The van der Waals surface area contributed by atoms with Crippen molar-refractivity contribution in [3.05, 3.63) is 63.9 Å². The Labute approximate surface area is 130 Å². The molecule has 4 aromatic rings. The van der Waals surface area contributed by atoms with Crippen molar-refractivity contribution in [1.29, 1.82) is 0 Å². The van der Waals surface area contributed by atoms with Crippen LogP contribution in [0, 0.1) is 0 Å². The summed E-state index contributed by atoms with van der Waals surface area (Å²) in [6, 6.07) is 14.8. The Morgan fingerprint density at radius 2 is 1.95 bits per heavy atom. The zero-order valence-electron chi connectivity index (χ0n) is 11.7. The summed E-state index contributed by atoms with van der Waals surface area (Å²) in [7, 11) is 1.73. The first kappa shape index (κ1) is 13.1. The number of benzene rings is 2. The molecule has 0 saturated carbocycles. The molecule has 0 atom stereocenters. The van der Waals surface area contributed by atoms with Crippen molar-refractivity contribution in [1.82, 2.24) is 9.55 Å². The van der Waals surface area contributed by atoms with Crippen molar-refractivity contribution >= 4 is 33.6 Å². The molecule has 4 rings (SSSR count). The molecule has 0 bridgehead atoms. The molecule has 0 aliphatic carbocycles. The number of hydrogen-bond donors (Lipinski definition) is 0. The van der Waals surface area contributed by atoms with Crippen LogP contribution in [-0.2, 0) is 7.05 Å². The summed E-state index contributed by atoms with van der Waals surface area (Å²) in [5.41, 5.74) is 2.22. The molecule has 0 fully saturated rings. The van der Waals surface area contributed by atoms with Gasteiger partial charge in [0.1, 0.15) is 0 Å². The summed E-state index contributed by atoms with van der Waals surface area (Å²) in [6.45, 7) is 0. The number of nitrogens with zero attached hydrogens (tertiary/aromatic N) is 2. The van der Waals surface area contributed by atoms with Gasteiger partial charge in [0.2, 0.25) is 5.89 Å². The van der Waals surface area contributed by atoms with Crippen molar-refractivity contribution in [2.75, 3.05) is 0 Å². The third-order valence-electron chi connectivity index (χ3n) is 3.72. The highest BCUT2D eigenvalue weighted by atomic mass is 35.5. The second kappa shape index (κ2) is 4.71. The smallest absolute Gasteiger partial charge is 0.280 e. The van der Waals surface area contributed by atoms with Gasteiger partial charge >= 0.3 is 0 Å². The molecular weight excluding hydrogens is 300 g/mol. The second-order valence-corrected chi connectivity index (χ2v) is 5.52. The van der Waals surface area contributed by atoms with E-state index < -0.39 is 0 Å². The Hall–Kier alpha value is -2.59. The van der Waals surface area contributed by atoms with Crippen molar-refractivity contribution in [3.63, 3.8) is 0 Å². The first-order chi connectivity index (χ1) is 10.6. The molecule has 0 amide bonds. The Kier molecular flexibility index (Phi) is 2.81. The lowest BCUT2D eigenvalue weighted by molar-refractivity contribution is 0.622. The highest BCUT2D eigenvalue weighted by Crippen LogP contribution is 2.28. The fraction of sp³-hybridized carbons (Fsp3) is 0.0588. The van der Waals surface area contributed by atoms with E-state index in [1.54, 1.807) is 23.7 Å². The van der Waals surface area contributed by atoms with Gasteiger partial charge in [0.05, 0.1) is 5.52 Å². The van der Waals surface area contributed by atoms with Crippen molar-refractivity contribution in [2.45, 2.75) is 0 Å². The monoisotopic (exact) mass is 310 g/mol. The first-order valence-corrected chi connectivity index (χ1v) is 7.17. The van der Waals surface area contributed by atoms with Gasteiger partial charge in [-0.25, -0.2) is 4.98 Å². The molecule has 0 N–H and O–H groups in total. The largest absolute Gasteiger partial charge is 0.435 e. The normalized spacial score (nSPS) is 11.4. The van der Waals surface area contributed by atoms with Crippen LogP contribution in [0.4, 0.5) is 0 Å². The van der Waals surface area contributed by atoms with E-state index in [2.05, 4.69) is 4.98 Å². The maximum atomic E-state index is 12.5. The van der Waals surface area contributed by atoms with Crippen molar-refractivity contribution in [3.8, 4) is 11.5 Å². The highest BCUT2D eigenvalue weighted by molar-refractivity contribution is 6.30. The Morgan fingerprint density at radius 1 is 1.14 bits per heavy atom. The molecular formula is C17H11ClN2O2. The van der Waals surface area contributed by atoms with E-state index in [1.165, 1.54) is 0 Å². The molecule has 2 aromatic carbocycles. The van der Waals surface area contributed by atoms with Crippen LogP contribution in [0.25, 0.3) is 33.5 Å². The van der Waals surface area contributed by atoms with Gasteiger partial charge in [0.25, 0.3) is 5.56 Å². The highest BCUT2D eigenvalue weighted by Gasteiger charge is 2.16. The Bertz CT molecular complexity index is 1080. The van der Waals surface area contributed by atoms with Gasteiger partial charge in [0.15, 0.2) is 11.1 Å². The third-order valence-corrected chi connectivity index (χ3v) is 3.95. The number of halogens is 1. The number of oxazole rings is 1. The number of hydrogen-bond acceptors (Lipinski definition) is 3. The van der Waals surface area contributed by atoms with Crippen LogP contribution in [0.1, 0.15) is 0 Å². The van der Waals surface area contributed by atoms with Crippen LogP contribution in [-0.4, -0.2) is 9.55 Å². The van der Waals surface area contributed by atoms with Crippen LogP contribution < -0.4 is 5.56 Å². The maximum Gasteiger partial charge on any atom is 0.280 e. The molecule has 4 nitrogen and oxygen atoms in total. The van der Waals surface area contributed by atoms with Crippen LogP contribution in [0.3, 0.4) is 0 Å². The maximum absolute atomic E-state index is 12.5. The van der Waals surface area contributed by atoms with Gasteiger partial charge in [-0.2, -0.15) is 0 Å². The van der Waals surface area contributed by atoms with Gasteiger partial charge in [0, 0.05) is 23.0 Å². The lowest BCUT2D eigenvalue weighted by atomic mass is 10.2. The summed E-state index contributed by atoms with van der Waals surface area (Å²) in [6.07, 6.45) is 0. The van der Waals surface area contributed by atoms with Crippen LogP contribution >= 0.6 is 11.6 Å². The summed E-state index contributed by atoms with van der Waals surface area (Å²) >= 11 is 6.01. The molecule has 2 heterocycles. The topological polar surface area (TPSA) is 48.0 Å². The van der Waals surface area contributed by atoms with Gasteiger partial charge in [-0.3, -0.25) is 4.79 Å². The number of para-hydroxylation sites is 1. The van der Waals surface area contributed by atoms with Gasteiger partial charge in [-0.15, -0.1) is 0 Å². The zero-order valence-corrected chi connectivity index (χ0v) is 12.5. The third kappa shape index (κ3) is 1.84. The number of pyridine rings is 1. The van der Waals surface area contributed by atoms with Crippen molar-refractivity contribution in [2.24, 2.45) is 7.05 Å². The van der Waals surface area contributed by atoms with Crippen molar-refractivity contribution < 1.29 is 4.42 Å². The number of aromatic nitrogens is 2. The molecule has 0 radical (unpaired) electrons. The molecule has 0 spiro atoms. The van der Waals surface area contributed by atoms with E-state index in [1.807, 2.05) is 36.4 Å². The molecule has 0 aliphatic rings. The average molecular weight is 311 g/mol. The number of aryl methyl sites for hydroxylation is 1. The quantitative estimate of drug-likeness (QED) is 0.534. The first-order valence-electron chi connectivity index (χ1n) is 6.79. The average Bonchev–Trinajstić information content (AvgIpc) is 2.98. The summed E-state index contributed by atoms with van der Waals surface area (Å²) in [5, 5.41) is 1.46. The molecule has 0 saturated heterocycles. The molecule has 22 heavy (non-hydrogen) atoms. The minimum Gasteiger partial charge on any atom is -0.435 e. The predicted molar refractivity (Wildman–Crippen MR) is 87.2 cm³/mol. The molecule has 0 aliphatic heterocycles. The van der Waals surface area contributed by atoms with E-state index in [-0.39, 0.29) is 5.56 Å². The van der Waals surface area contributed by atoms with E-state index >= 15 is 0 Å². The molecule has 108 valence electrons. The zero-order chi connectivity index (χ0) is 15.3. The van der Waals surface area contributed by atoms with E-state index in [0.717, 1.165) is 16.5 Å². The SMILES string of the molecule is Cn1c(=O)c2nc(-c3cccc(Cl)c3)oc2c2ccccc21. The number of fused-ring (bicyclic) bond motifs is 3. The lowest BCUT2D eigenvalue weighted by Crippen LogP contribution is -2.17. The molecule has 5 heteroatoms. The second-order valence-electron chi connectivity index (χ2n) is 5.09. The van der Waals surface area contributed by atoms with Gasteiger partial charge < -0.3 is 8.98 Å². The predicted octanol–water partition coefficient (Wildman–Crippen LogP) is 4.00. The van der Waals surface area contributed by atoms with E-state index in [0.29, 0.717) is 22.0 Å². The number of rotatable bonds is 1. The minimum absolute atomic E-state index is 0.175. The fourth-order valence-corrected chi connectivity index (χ4v) is 2.81. The molecule has 0 unspecified atom stereocenters. The Balaban J connectivity index is 2.12. The van der Waals surface area contributed by atoms with Crippen LogP contribution in [0.5, 0.6) is 0 Å². The van der Waals surface area contributed by atoms with Crippen LogP contribution in [0.15, 0.2) is 57.7 Å². The Morgan fingerprint density at radius 3 is 2.77 bits per heavy atom. The van der Waals surface area contributed by atoms with Gasteiger partial charge in [-0.05, 0) is 30.3 Å². The van der Waals surface area contributed by atoms with Crippen LogP contribution in [0.2, 0.25) is 5.02 Å². The summed E-state index contributed by atoms with van der Waals surface area (Å²) in [4.78, 5) is 16.8. The summed E-state index contributed by atoms with van der Waals surface area (Å²) in [5.74, 6) is 0.394. The van der Waals surface area contributed by atoms with E-state index in [4.69, 9.17) is 16.0 Å².